The van der Waals surface area contributed by atoms with Crippen LogP contribution in [0.4, 0.5) is 0 Å². The highest BCUT2D eigenvalue weighted by molar-refractivity contribution is 5.22. The lowest BCUT2D eigenvalue weighted by molar-refractivity contribution is 0.185. The van der Waals surface area contributed by atoms with Crippen LogP contribution in [0.3, 0.4) is 0 Å². The van der Waals surface area contributed by atoms with Gasteiger partial charge in [-0.05, 0) is 0 Å². The Kier molecular flexibility index (Phi) is 3.42. The summed E-state index contributed by atoms with van der Waals surface area (Å²) >= 11 is 0. The van der Waals surface area contributed by atoms with E-state index in [0.29, 0.717) is 13.2 Å². The Labute approximate surface area is 85.9 Å². The number of hydrogen-bond donors (Lipinski definition) is 0. The van der Waals surface area contributed by atoms with E-state index in [1.165, 1.54) is 24.9 Å². The minimum absolute atomic E-state index is 0.0480. The van der Waals surface area contributed by atoms with Crippen molar-refractivity contribution in [3.8, 4) is 6.07 Å². The molecule has 0 aromatic carbocycles. The molecule has 1 aromatic rings. The first-order chi connectivity index (χ1) is 7.11. The zero-order chi connectivity index (χ0) is 11.4. The monoisotopic (exact) mass is 209 g/mol. The van der Waals surface area contributed by atoms with Gasteiger partial charge in [0.1, 0.15) is 11.6 Å². The molecule has 0 amide bonds. The first kappa shape index (κ1) is 11.2. The lowest BCUT2D eigenvalue weighted by Gasteiger charge is -2.06. The first-order valence-corrected chi connectivity index (χ1v) is 4.31. The van der Waals surface area contributed by atoms with Crippen LogP contribution >= 0.6 is 0 Å². The summed E-state index contributed by atoms with van der Waals surface area (Å²) in [5.41, 5.74) is -1.07. The normalized spacial score (nSPS) is 9.93. The molecule has 0 atom stereocenters. The summed E-state index contributed by atoms with van der Waals surface area (Å²) in [5, 5.41) is 8.67. The molecule has 0 saturated heterocycles. The van der Waals surface area contributed by atoms with Crippen molar-refractivity contribution >= 4 is 0 Å². The third-order valence-corrected chi connectivity index (χ3v) is 2.01. The van der Waals surface area contributed by atoms with Crippen molar-refractivity contribution < 1.29 is 4.74 Å². The van der Waals surface area contributed by atoms with Gasteiger partial charge in [0.25, 0.3) is 5.56 Å². The number of methoxy groups -OCH3 is 1. The number of rotatable bonds is 3. The van der Waals surface area contributed by atoms with Gasteiger partial charge in [0.2, 0.25) is 0 Å². The molecule has 0 saturated carbocycles. The fourth-order valence-corrected chi connectivity index (χ4v) is 1.15. The van der Waals surface area contributed by atoms with Gasteiger partial charge in [0, 0.05) is 20.4 Å². The molecule has 6 heteroatoms. The zero-order valence-electron chi connectivity index (χ0n) is 8.56. The van der Waals surface area contributed by atoms with Gasteiger partial charge in [-0.3, -0.25) is 13.9 Å². The number of ether oxygens (including phenoxy) is 1. The van der Waals surface area contributed by atoms with Gasteiger partial charge in [-0.1, -0.05) is 0 Å². The van der Waals surface area contributed by atoms with Gasteiger partial charge in [-0.25, -0.2) is 4.79 Å². The largest absolute Gasteiger partial charge is 0.383 e. The molecule has 0 aliphatic heterocycles. The van der Waals surface area contributed by atoms with Gasteiger partial charge in [-0.15, -0.1) is 0 Å². The van der Waals surface area contributed by atoms with E-state index in [1.807, 2.05) is 0 Å². The minimum Gasteiger partial charge on any atom is -0.383 e. The van der Waals surface area contributed by atoms with E-state index < -0.39 is 11.2 Å². The summed E-state index contributed by atoms with van der Waals surface area (Å²) in [4.78, 5) is 22.9. The van der Waals surface area contributed by atoms with Crippen LogP contribution in [0.1, 0.15) is 5.56 Å². The number of aromatic nitrogens is 2. The average molecular weight is 209 g/mol. The summed E-state index contributed by atoms with van der Waals surface area (Å²) in [5.74, 6) is 0. The Balaban J connectivity index is 3.31. The van der Waals surface area contributed by atoms with Crippen molar-refractivity contribution in [3.05, 3.63) is 32.6 Å². The third-order valence-electron chi connectivity index (χ3n) is 2.01. The summed E-state index contributed by atoms with van der Waals surface area (Å²) < 4.78 is 7.01. The average Bonchev–Trinajstić information content (AvgIpc) is 2.25. The van der Waals surface area contributed by atoms with Crippen LogP contribution in [0.25, 0.3) is 0 Å². The van der Waals surface area contributed by atoms with Gasteiger partial charge in [-0.2, -0.15) is 5.26 Å². The minimum atomic E-state index is -0.573. The smallest absolute Gasteiger partial charge is 0.330 e. The van der Waals surface area contributed by atoms with E-state index in [0.717, 1.165) is 4.57 Å². The van der Waals surface area contributed by atoms with Crippen LogP contribution in [-0.2, 0) is 18.3 Å². The van der Waals surface area contributed by atoms with E-state index in [2.05, 4.69) is 0 Å². The highest BCUT2D eigenvalue weighted by atomic mass is 16.5. The Morgan fingerprint density at radius 1 is 1.53 bits per heavy atom. The van der Waals surface area contributed by atoms with Gasteiger partial charge < -0.3 is 4.74 Å². The Hall–Kier alpha value is -1.87. The lowest BCUT2D eigenvalue weighted by Crippen LogP contribution is -2.39. The molecule has 0 aliphatic carbocycles. The molecule has 0 fully saturated rings. The molecule has 0 unspecified atom stereocenters. The van der Waals surface area contributed by atoms with Crippen molar-refractivity contribution in [2.75, 3.05) is 13.7 Å². The van der Waals surface area contributed by atoms with Crippen molar-refractivity contribution in [1.29, 1.82) is 5.26 Å². The molecule has 0 bridgehead atoms. The summed E-state index contributed by atoms with van der Waals surface area (Å²) in [6.07, 6.45) is 1.25. The van der Waals surface area contributed by atoms with Crippen LogP contribution in [0.15, 0.2) is 15.8 Å². The molecular formula is C9H11N3O3. The van der Waals surface area contributed by atoms with Crippen LogP contribution in [0.5, 0.6) is 0 Å². The van der Waals surface area contributed by atoms with Crippen LogP contribution in [-0.4, -0.2) is 22.9 Å². The first-order valence-electron chi connectivity index (χ1n) is 4.31. The molecule has 0 N–H and O–H groups in total. The second kappa shape index (κ2) is 4.57. The summed E-state index contributed by atoms with van der Waals surface area (Å²) in [7, 11) is 2.85. The van der Waals surface area contributed by atoms with Crippen LogP contribution in [0, 0.1) is 11.3 Å². The molecule has 80 valence electrons. The third kappa shape index (κ3) is 2.14. The standard InChI is InChI=1S/C9H11N3O3/c1-11-8(13)7(5-10)6-12(9(11)14)3-4-15-2/h6H,3-4H2,1-2H3. The van der Waals surface area contributed by atoms with Gasteiger partial charge in [0.05, 0.1) is 13.2 Å². The Morgan fingerprint density at radius 2 is 2.20 bits per heavy atom. The van der Waals surface area contributed by atoms with Gasteiger partial charge >= 0.3 is 5.69 Å². The summed E-state index contributed by atoms with van der Waals surface area (Å²) in [6.45, 7) is 0.668. The zero-order valence-corrected chi connectivity index (χ0v) is 8.56. The molecule has 0 spiro atoms. The topological polar surface area (TPSA) is 77.0 Å². The number of nitriles is 1. The second-order valence-electron chi connectivity index (χ2n) is 2.99. The quantitative estimate of drug-likeness (QED) is 0.644. The van der Waals surface area contributed by atoms with Crippen molar-refractivity contribution in [2.24, 2.45) is 7.05 Å². The lowest BCUT2D eigenvalue weighted by atomic mass is 10.3. The van der Waals surface area contributed by atoms with E-state index in [9.17, 15) is 9.59 Å². The maximum atomic E-state index is 11.5. The van der Waals surface area contributed by atoms with E-state index in [-0.39, 0.29) is 5.56 Å². The summed E-state index contributed by atoms with van der Waals surface area (Å²) in [6, 6.07) is 1.75. The van der Waals surface area contributed by atoms with Crippen LogP contribution in [0.2, 0.25) is 0 Å². The Morgan fingerprint density at radius 3 is 2.73 bits per heavy atom. The predicted molar refractivity (Wildman–Crippen MR) is 52.5 cm³/mol. The molecule has 0 radical (unpaired) electrons. The number of hydrogen-bond acceptors (Lipinski definition) is 4. The maximum absolute atomic E-state index is 11.5. The number of nitrogens with zero attached hydrogens (tertiary/aromatic N) is 3. The molecular weight excluding hydrogens is 198 g/mol. The molecule has 1 rings (SSSR count). The maximum Gasteiger partial charge on any atom is 0.330 e. The van der Waals surface area contributed by atoms with Crippen LogP contribution < -0.4 is 11.2 Å². The fourth-order valence-electron chi connectivity index (χ4n) is 1.15. The molecule has 0 aliphatic rings. The fraction of sp³-hybridized carbons (Fsp3) is 0.444. The van der Waals surface area contributed by atoms with Crippen molar-refractivity contribution in [2.45, 2.75) is 6.54 Å². The molecule has 1 aromatic heterocycles. The molecule has 1 heterocycles. The van der Waals surface area contributed by atoms with E-state index in [1.54, 1.807) is 6.07 Å². The highest BCUT2D eigenvalue weighted by Gasteiger charge is 2.07. The van der Waals surface area contributed by atoms with Crippen molar-refractivity contribution in [3.63, 3.8) is 0 Å². The van der Waals surface area contributed by atoms with Crippen molar-refractivity contribution in [1.82, 2.24) is 9.13 Å². The second-order valence-corrected chi connectivity index (χ2v) is 2.99. The molecule has 6 nitrogen and oxygen atoms in total. The Bertz CT molecular complexity index is 507. The highest BCUT2D eigenvalue weighted by Crippen LogP contribution is 1.86. The van der Waals surface area contributed by atoms with E-state index >= 15 is 0 Å². The van der Waals surface area contributed by atoms with E-state index in [4.69, 9.17) is 10.00 Å². The van der Waals surface area contributed by atoms with Gasteiger partial charge in [0.15, 0.2) is 0 Å². The predicted octanol–water partition coefficient (Wildman–Crippen LogP) is -0.935. The SMILES string of the molecule is COCCn1cc(C#N)c(=O)n(C)c1=O. The molecule has 15 heavy (non-hydrogen) atoms.